The fraction of sp³-hybridized carbons (Fsp3) is 0.517. The average molecular weight is 493 g/mol. The van der Waals surface area contributed by atoms with E-state index in [2.05, 4.69) is 17.2 Å². The number of ether oxygens (including phenoxy) is 2. The molecule has 1 atom stereocenters. The van der Waals surface area contributed by atoms with E-state index in [1.54, 1.807) is 12.1 Å². The zero-order chi connectivity index (χ0) is 26.3. The number of benzene rings is 1. The van der Waals surface area contributed by atoms with Crippen molar-refractivity contribution in [1.82, 2.24) is 4.98 Å². The Bertz CT molecular complexity index is 1190. The van der Waals surface area contributed by atoms with Gasteiger partial charge in [0.15, 0.2) is 0 Å². The molecule has 1 unspecified atom stereocenters. The highest BCUT2D eigenvalue weighted by molar-refractivity contribution is 5.96. The third-order valence-corrected chi connectivity index (χ3v) is 6.99. The lowest BCUT2D eigenvalue weighted by Crippen LogP contribution is -2.29. The summed E-state index contributed by atoms with van der Waals surface area (Å²) in [6.45, 7) is 9.51. The van der Waals surface area contributed by atoms with Crippen LogP contribution in [0.2, 0.25) is 0 Å². The van der Waals surface area contributed by atoms with Crippen LogP contribution in [0.5, 0.6) is 0 Å². The van der Waals surface area contributed by atoms with Crippen molar-refractivity contribution < 1.29 is 23.9 Å². The van der Waals surface area contributed by atoms with Crippen LogP contribution in [0.15, 0.2) is 30.3 Å². The molecule has 7 nitrogen and oxygen atoms in total. The molecule has 0 spiro atoms. The van der Waals surface area contributed by atoms with Gasteiger partial charge in [0.25, 0.3) is 0 Å². The molecule has 0 aliphatic heterocycles. The van der Waals surface area contributed by atoms with Gasteiger partial charge in [-0.15, -0.1) is 0 Å². The number of nitrogens with zero attached hydrogens (tertiary/aromatic N) is 1. The number of esters is 1. The van der Waals surface area contributed by atoms with Gasteiger partial charge in [0.05, 0.1) is 13.0 Å². The Morgan fingerprint density at radius 2 is 1.86 bits per heavy atom. The van der Waals surface area contributed by atoms with Gasteiger partial charge < -0.3 is 9.47 Å². The first-order valence-electron chi connectivity index (χ1n) is 12.6. The minimum absolute atomic E-state index is 0.124. The second kappa shape index (κ2) is 9.68. The summed E-state index contributed by atoms with van der Waals surface area (Å²) in [6, 6.07) is 9.21. The van der Waals surface area contributed by atoms with E-state index in [0.29, 0.717) is 23.7 Å². The Morgan fingerprint density at radius 3 is 2.44 bits per heavy atom. The number of hydrogen-bond acceptors (Lipinski definition) is 6. The van der Waals surface area contributed by atoms with Crippen LogP contribution in [0.25, 0.3) is 0 Å². The van der Waals surface area contributed by atoms with Gasteiger partial charge in [-0.05, 0) is 94.2 Å². The maximum Gasteiger partial charge on any atom is 0.412 e. The minimum Gasteiger partial charge on any atom is -0.464 e. The summed E-state index contributed by atoms with van der Waals surface area (Å²) in [5.41, 5.74) is 3.44. The van der Waals surface area contributed by atoms with Crippen LogP contribution in [-0.4, -0.2) is 35.5 Å². The lowest BCUT2D eigenvalue weighted by atomic mass is 9.81. The molecular formula is C29H36N2O5. The molecule has 2 aliphatic carbocycles. The van der Waals surface area contributed by atoms with E-state index in [1.807, 2.05) is 45.9 Å². The van der Waals surface area contributed by atoms with Crippen LogP contribution in [0.3, 0.4) is 0 Å². The molecule has 2 fully saturated rings. The van der Waals surface area contributed by atoms with E-state index in [4.69, 9.17) is 9.47 Å². The fourth-order valence-electron chi connectivity index (χ4n) is 4.61. The molecular weight excluding hydrogens is 456 g/mol. The second-order valence-electron chi connectivity index (χ2n) is 11.4. The highest BCUT2D eigenvalue weighted by Gasteiger charge is 2.48. The normalized spacial score (nSPS) is 17.2. The fourth-order valence-corrected chi connectivity index (χ4v) is 4.61. The molecule has 4 rings (SSSR count). The first-order chi connectivity index (χ1) is 16.9. The Labute approximate surface area is 213 Å². The van der Waals surface area contributed by atoms with E-state index in [1.165, 1.54) is 12.7 Å². The number of anilines is 1. The minimum atomic E-state index is -0.650. The van der Waals surface area contributed by atoms with Gasteiger partial charge in [-0.1, -0.05) is 19.1 Å². The summed E-state index contributed by atoms with van der Waals surface area (Å²) in [5.74, 6) is -0.453. The molecule has 36 heavy (non-hydrogen) atoms. The molecule has 1 aromatic carbocycles. The first-order valence-corrected chi connectivity index (χ1v) is 12.6. The molecule has 2 aromatic rings. The van der Waals surface area contributed by atoms with Gasteiger partial charge in [-0.25, -0.2) is 14.6 Å². The second-order valence-corrected chi connectivity index (χ2v) is 11.4. The van der Waals surface area contributed by atoms with Crippen molar-refractivity contribution in [2.45, 2.75) is 84.2 Å². The molecule has 2 saturated carbocycles. The number of aromatic nitrogens is 1. The number of carbonyl (C=O) groups excluding carboxylic acids is 3. The van der Waals surface area contributed by atoms with Gasteiger partial charge >= 0.3 is 12.1 Å². The van der Waals surface area contributed by atoms with Crippen molar-refractivity contribution in [3.05, 3.63) is 58.4 Å². The van der Waals surface area contributed by atoms with Crippen molar-refractivity contribution in [2.24, 2.45) is 5.41 Å². The standard InChI is InChI=1S/C29H36N2O5/c1-17-14-21(24(16-20(17)18-10-11-18)31-27(34)36-28(2,3)4)22(25(32)29(5)12-13-29)15-19-8-7-9-23(30-19)26(33)35-6/h7-9,14,16,18,22H,10-13,15H2,1-6H3,(H,31,34). The third kappa shape index (κ3) is 5.94. The van der Waals surface area contributed by atoms with Gasteiger partial charge in [0, 0.05) is 23.2 Å². The largest absolute Gasteiger partial charge is 0.464 e. The SMILES string of the molecule is COC(=O)c1cccc(CC(C(=O)C2(C)CC2)c2cc(C)c(C3CC3)cc2NC(=O)OC(C)(C)C)n1. The summed E-state index contributed by atoms with van der Waals surface area (Å²) in [5, 5.41) is 2.94. The topological polar surface area (TPSA) is 94.6 Å². The van der Waals surface area contributed by atoms with Gasteiger partial charge in [0.1, 0.15) is 17.1 Å². The number of methoxy groups -OCH3 is 1. The number of rotatable bonds is 8. The van der Waals surface area contributed by atoms with Crippen molar-refractivity contribution in [1.29, 1.82) is 0 Å². The Kier molecular flexibility index (Phi) is 6.95. The van der Waals surface area contributed by atoms with Crippen LogP contribution < -0.4 is 5.32 Å². The van der Waals surface area contributed by atoms with Gasteiger partial charge in [0.2, 0.25) is 0 Å². The summed E-state index contributed by atoms with van der Waals surface area (Å²) in [7, 11) is 1.32. The molecule has 0 bridgehead atoms. The third-order valence-electron chi connectivity index (χ3n) is 6.99. The van der Waals surface area contributed by atoms with E-state index >= 15 is 0 Å². The molecule has 1 amide bonds. The summed E-state index contributed by atoms with van der Waals surface area (Å²) >= 11 is 0. The van der Waals surface area contributed by atoms with Crippen LogP contribution in [0.1, 0.15) is 98.1 Å². The van der Waals surface area contributed by atoms with E-state index in [-0.39, 0.29) is 11.5 Å². The quantitative estimate of drug-likeness (QED) is 0.448. The molecule has 2 aliphatic rings. The average Bonchev–Trinajstić information content (AvgIpc) is 3.74. The number of ketones is 1. The Morgan fingerprint density at radius 1 is 1.17 bits per heavy atom. The smallest absolute Gasteiger partial charge is 0.412 e. The summed E-state index contributed by atoms with van der Waals surface area (Å²) in [4.78, 5) is 43.2. The highest BCUT2D eigenvalue weighted by Crippen LogP contribution is 2.51. The van der Waals surface area contributed by atoms with Crippen LogP contribution in [0, 0.1) is 12.3 Å². The van der Waals surface area contributed by atoms with Crippen molar-refractivity contribution in [2.75, 3.05) is 12.4 Å². The molecule has 1 N–H and O–H groups in total. The molecule has 1 aromatic heterocycles. The molecule has 1 heterocycles. The lowest BCUT2D eigenvalue weighted by Gasteiger charge is -2.25. The highest BCUT2D eigenvalue weighted by atomic mass is 16.6. The molecule has 7 heteroatoms. The summed E-state index contributed by atoms with van der Waals surface area (Å²) < 4.78 is 10.4. The number of carbonyl (C=O) groups is 3. The predicted molar refractivity (Wildman–Crippen MR) is 137 cm³/mol. The van der Waals surface area contributed by atoms with Crippen LogP contribution in [0.4, 0.5) is 10.5 Å². The van der Waals surface area contributed by atoms with Crippen LogP contribution >= 0.6 is 0 Å². The Balaban J connectivity index is 1.76. The van der Waals surface area contributed by atoms with E-state index in [9.17, 15) is 14.4 Å². The molecule has 0 radical (unpaired) electrons. The zero-order valence-electron chi connectivity index (χ0n) is 22.1. The monoisotopic (exact) mass is 492 g/mol. The maximum atomic E-state index is 13.9. The van der Waals surface area contributed by atoms with Crippen molar-refractivity contribution >= 4 is 23.5 Å². The Hall–Kier alpha value is -3.22. The lowest BCUT2D eigenvalue weighted by molar-refractivity contribution is -0.125. The van der Waals surface area contributed by atoms with Crippen molar-refractivity contribution in [3.8, 4) is 0 Å². The summed E-state index contributed by atoms with van der Waals surface area (Å²) in [6.07, 6.45) is 3.68. The molecule has 0 saturated heterocycles. The number of pyridine rings is 1. The molecule has 192 valence electrons. The predicted octanol–water partition coefficient (Wildman–Crippen LogP) is 6.10. The van der Waals surface area contributed by atoms with Crippen molar-refractivity contribution in [3.63, 3.8) is 0 Å². The van der Waals surface area contributed by atoms with E-state index < -0.39 is 29.0 Å². The first kappa shape index (κ1) is 25.9. The number of amides is 1. The number of Topliss-reactive ketones (excluding diaryl/α,β-unsaturated/α-hetero) is 1. The van der Waals surface area contributed by atoms with Gasteiger partial charge in [-0.3, -0.25) is 10.1 Å². The van der Waals surface area contributed by atoms with Gasteiger partial charge in [-0.2, -0.15) is 0 Å². The van der Waals surface area contributed by atoms with E-state index in [0.717, 1.165) is 36.8 Å². The number of hydrogen-bond donors (Lipinski definition) is 1. The van der Waals surface area contributed by atoms with Crippen LogP contribution in [-0.2, 0) is 20.7 Å². The number of aryl methyl sites for hydroxylation is 1. The zero-order valence-corrected chi connectivity index (χ0v) is 22.1. The maximum absolute atomic E-state index is 13.9. The number of nitrogens with one attached hydrogen (secondary N) is 1.